The van der Waals surface area contributed by atoms with Crippen LogP contribution >= 0.6 is 0 Å². The van der Waals surface area contributed by atoms with Crippen LogP contribution < -0.4 is 0 Å². The molecule has 0 bridgehead atoms. The molecule has 63 heavy (non-hydrogen) atoms. The minimum Gasteiger partial charge on any atom is -0.309 e. The maximum atomic E-state index is 5.61. The molecule has 0 aliphatic carbocycles. The van der Waals surface area contributed by atoms with Gasteiger partial charge in [-0.1, -0.05) is 170 Å². The summed E-state index contributed by atoms with van der Waals surface area (Å²) >= 11 is 0. The molecule has 0 aliphatic rings. The molecule has 0 saturated heterocycles. The smallest absolute Gasteiger partial charge is 0.164 e. The van der Waals surface area contributed by atoms with Crippen LogP contribution in [-0.4, -0.2) is 23.7 Å². The highest BCUT2D eigenvalue weighted by Crippen LogP contribution is 2.44. The van der Waals surface area contributed by atoms with Gasteiger partial charge in [0.15, 0.2) is 5.82 Å². The fraction of sp³-hybridized carbons (Fsp3) is 0. The van der Waals surface area contributed by atoms with Gasteiger partial charge in [0.05, 0.1) is 67.1 Å². The zero-order valence-corrected chi connectivity index (χ0v) is 34.1. The third kappa shape index (κ3) is 5.43. The summed E-state index contributed by atoms with van der Waals surface area (Å²) in [7, 11) is 0. The molecule has 0 atom stereocenters. The Balaban J connectivity index is 1.27. The summed E-state index contributed by atoms with van der Waals surface area (Å²) in [4.78, 5) is 11.2. The van der Waals surface area contributed by atoms with Crippen molar-refractivity contribution >= 4 is 65.4 Å². The summed E-state index contributed by atoms with van der Waals surface area (Å²) < 4.78 is 7.31. The Kier molecular flexibility index (Phi) is 7.84. The summed E-state index contributed by atoms with van der Waals surface area (Å²) in [5.41, 5.74) is 14.4. The number of hydrogen-bond donors (Lipinski definition) is 0. The Morgan fingerprint density at radius 2 is 0.556 bits per heavy atom. The van der Waals surface area contributed by atoms with E-state index in [1.165, 1.54) is 32.3 Å². The largest absolute Gasteiger partial charge is 0.309 e. The van der Waals surface area contributed by atoms with E-state index in [1.807, 2.05) is 0 Å². The molecule has 0 spiro atoms. The van der Waals surface area contributed by atoms with E-state index in [0.29, 0.717) is 5.82 Å². The summed E-state index contributed by atoms with van der Waals surface area (Å²) in [6.07, 6.45) is 0. The van der Waals surface area contributed by atoms with Gasteiger partial charge in [0.1, 0.15) is 0 Å². The second kappa shape index (κ2) is 14.0. The van der Waals surface area contributed by atoms with Crippen LogP contribution in [0.5, 0.6) is 0 Å². The molecule has 5 nitrogen and oxygen atoms in total. The molecular weight excluding hydrogens is 767 g/mol. The second-order valence-corrected chi connectivity index (χ2v) is 16.2. The van der Waals surface area contributed by atoms with Crippen molar-refractivity contribution in [1.82, 2.24) is 23.7 Å². The van der Waals surface area contributed by atoms with Crippen LogP contribution in [-0.2, 0) is 0 Å². The molecule has 0 amide bonds. The van der Waals surface area contributed by atoms with E-state index >= 15 is 0 Å². The van der Waals surface area contributed by atoms with Gasteiger partial charge in [0, 0.05) is 43.4 Å². The van der Waals surface area contributed by atoms with Crippen molar-refractivity contribution in [2.45, 2.75) is 0 Å². The minimum absolute atomic E-state index is 0.637. The number of aromatic nitrogens is 5. The molecule has 5 heteroatoms. The van der Waals surface area contributed by atoms with Gasteiger partial charge in [-0.2, -0.15) is 0 Å². The lowest BCUT2D eigenvalue weighted by Gasteiger charge is -2.22. The summed E-state index contributed by atoms with van der Waals surface area (Å²) in [5, 5.41) is 7.15. The van der Waals surface area contributed by atoms with Gasteiger partial charge in [-0.3, -0.25) is 0 Å². The van der Waals surface area contributed by atoms with Crippen LogP contribution in [0, 0.1) is 0 Å². The lowest BCUT2D eigenvalue weighted by Crippen LogP contribution is -2.09. The van der Waals surface area contributed by atoms with E-state index in [4.69, 9.17) is 9.97 Å². The average Bonchev–Trinajstić information content (AvgIpc) is 4.00. The van der Waals surface area contributed by atoms with Crippen molar-refractivity contribution in [3.8, 4) is 51.0 Å². The molecule has 13 rings (SSSR count). The Labute approximate surface area is 363 Å². The molecule has 0 aliphatic heterocycles. The van der Waals surface area contributed by atoms with Gasteiger partial charge in [-0.25, -0.2) is 9.97 Å². The summed E-state index contributed by atoms with van der Waals surface area (Å²) in [5.74, 6) is 0.637. The lowest BCUT2D eigenvalue weighted by molar-refractivity contribution is 1.08. The number of benzene rings is 9. The van der Waals surface area contributed by atoms with Crippen molar-refractivity contribution in [3.63, 3.8) is 0 Å². The third-order valence-corrected chi connectivity index (χ3v) is 12.7. The van der Waals surface area contributed by atoms with Crippen molar-refractivity contribution in [3.05, 3.63) is 224 Å². The average molecular weight is 804 g/mol. The Morgan fingerprint density at radius 1 is 0.270 bits per heavy atom. The standard InChI is InChI=1S/C58H37N5/c1-3-19-38(20-4-1)47-37-48(39-21-5-2-6-22-39)60-58(59-47)57-55(62-51-31-15-9-25-43(51)44-26-10-16-32-52(44)62)35-40(61-49-29-13-7-23-41(49)42-24-8-14-30-50(42)61)36-56(57)63-53-33-17-11-27-45(53)46-28-12-18-34-54(46)63/h1-37H. The van der Waals surface area contributed by atoms with E-state index < -0.39 is 0 Å². The first-order chi connectivity index (χ1) is 31.3. The normalized spacial score (nSPS) is 11.8. The molecule has 0 fully saturated rings. The first-order valence-electron chi connectivity index (χ1n) is 21.4. The van der Waals surface area contributed by atoms with Gasteiger partial charge >= 0.3 is 0 Å². The van der Waals surface area contributed by atoms with Crippen LogP contribution in [0.15, 0.2) is 224 Å². The zero-order valence-electron chi connectivity index (χ0n) is 34.1. The highest BCUT2D eigenvalue weighted by molar-refractivity contribution is 6.13. The van der Waals surface area contributed by atoms with Crippen LogP contribution in [0.1, 0.15) is 0 Å². The van der Waals surface area contributed by atoms with E-state index in [-0.39, 0.29) is 0 Å². The fourth-order valence-corrected chi connectivity index (χ4v) is 9.95. The first kappa shape index (κ1) is 35.2. The molecule has 0 unspecified atom stereocenters. The molecule has 4 heterocycles. The van der Waals surface area contributed by atoms with Gasteiger partial charge in [-0.05, 0) is 54.6 Å². The quantitative estimate of drug-likeness (QED) is 0.168. The molecule has 294 valence electrons. The maximum absolute atomic E-state index is 5.61. The molecule has 4 aromatic heterocycles. The molecule has 0 radical (unpaired) electrons. The molecule has 13 aromatic rings. The SMILES string of the molecule is c1ccc(-c2cc(-c3ccccc3)nc(-c3c(-n4c5ccccc5c5ccccc54)cc(-n4c5ccccc5c5ccccc54)cc3-n3c4ccccc4c4ccccc43)n2)cc1. The topological polar surface area (TPSA) is 40.6 Å². The Bertz CT molecular complexity index is 3560. The Morgan fingerprint density at radius 3 is 0.889 bits per heavy atom. The van der Waals surface area contributed by atoms with Crippen molar-refractivity contribution in [1.29, 1.82) is 0 Å². The van der Waals surface area contributed by atoms with E-state index in [2.05, 4.69) is 238 Å². The van der Waals surface area contributed by atoms with Gasteiger partial charge in [0.25, 0.3) is 0 Å². The number of rotatable bonds is 6. The van der Waals surface area contributed by atoms with Gasteiger partial charge in [0.2, 0.25) is 0 Å². The van der Waals surface area contributed by atoms with Crippen LogP contribution in [0.3, 0.4) is 0 Å². The fourth-order valence-electron chi connectivity index (χ4n) is 9.95. The van der Waals surface area contributed by atoms with E-state index in [0.717, 1.165) is 78.2 Å². The van der Waals surface area contributed by atoms with Crippen LogP contribution in [0.2, 0.25) is 0 Å². The summed E-state index contributed by atoms with van der Waals surface area (Å²) in [6.45, 7) is 0. The van der Waals surface area contributed by atoms with E-state index in [9.17, 15) is 0 Å². The monoisotopic (exact) mass is 803 g/mol. The van der Waals surface area contributed by atoms with Crippen molar-refractivity contribution < 1.29 is 0 Å². The molecule has 0 N–H and O–H groups in total. The number of hydrogen-bond acceptors (Lipinski definition) is 2. The van der Waals surface area contributed by atoms with Gasteiger partial charge < -0.3 is 13.7 Å². The van der Waals surface area contributed by atoms with Crippen LogP contribution in [0.25, 0.3) is 116 Å². The summed E-state index contributed by atoms with van der Waals surface area (Å²) in [6, 6.07) is 80.3. The number of fused-ring (bicyclic) bond motifs is 9. The predicted octanol–water partition coefficient (Wildman–Crippen LogP) is 14.8. The second-order valence-electron chi connectivity index (χ2n) is 16.2. The predicted molar refractivity (Wildman–Crippen MR) is 261 cm³/mol. The Hall–Kier alpha value is -8.54. The molecule has 0 saturated carbocycles. The van der Waals surface area contributed by atoms with Gasteiger partial charge in [-0.15, -0.1) is 0 Å². The lowest BCUT2D eigenvalue weighted by atomic mass is 10.0. The zero-order chi connectivity index (χ0) is 41.4. The first-order valence-corrected chi connectivity index (χ1v) is 21.4. The van der Waals surface area contributed by atoms with Crippen molar-refractivity contribution in [2.75, 3.05) is 0 Å². The van der Waals surface area contributed by atoms with Crippen LogP contribution in [0.4, 0.5) is 0 Å². The molecular formula is C58H37N5. The van der Waals surface area contributed by atoms with E-state index in [1.54, 1.807) is 0 Å². The molecule has 9 aromatic carbocycles. The highest BCUT2D eigenvalue weighted by Gasteiger charge is 2.27. The third-order valence-electron chi connectivity index (χ3n) is 12.7. The number of para-hydroxylation sites is 6. The maximum Gasteiger partial charge on any atom is 0.164 e. The van der Waals surface area contributed by atoms with Crippen molar-refractivity contribution in [2.24, 2.45) is 0 Å². The number of nitrogens with zero attached hydrogens (tertiary/aromatic N) is 5. The minimum atomic E-state index is 0.637. The highest BCUT2D eigenvalue weighted by atomic mass is 15.1.